The third-order valence-electron chi connectivity index (χ3n) is 3.65. The minimum Gasteiger partial charge on any atom is -0.493 e. The summed E-state index contributed by atoms with van der Waals surface area (Å²) in [5.41, 5.74) is 2.00. The van der Waals surface area contributed by atoms with Crippen molar-refractivity contribution in [3.63, 3.8) is 0 Å². The van der Waals surface area contributed by atoms with Crippen LogP contribution in [0.4, 0.5) is 5.69 Å². The standard InChI is InChI=1S/C16H15N5O2S/c22-14-5-2-11-10-12(3-4-13(11)18-14)23-8-9-24-16-19-15-17-6-1-7-21(15)20-16/h1,3-4,6-7,10H,2,5,8-9H2,(H,18,22). The van der Waals surface area contributed by atoms with Crippen LogP contribution in [-0.2, 0) is 11.2 Å². The Balaban J connectivity index is 1.32. The molecular formula is C16H15N5O2S. The van der Waals surface area contributed by atoms with Crippen molar-refractivity contribution < 1.29 is 9.53 Å². The second kappa shape index (κ2) is 6.48. The number of nitrogens with one attached hydrogen (secondary N) is 1. The lowest BCUT2D eigenvalue weighted by atomic mass is 10.0. The number of amides is 1. The Morgan fingerprint density at radius 1 is 1.33 bits per heavy atom. The fourth-order valence-electron chi connectivity index (χ4n) is 2.52. The number of nitrogens with zero attached hydrogens (tertiary/aromatic N) is 4. The van der Waals surface area contributed by atoms with Crippen molar-refractivity contribution in [3.8, 4) is 5.75 Å². The summed E-state index contributed by atoms with van der Waals surface area (Å²) < 4.78 is 7.44. The molecule has 2 aromatic heterocycles. The minimum absolute atomic E-state index is 0.0713. The first kappa shape index (κ1) is 14.9. The van der Waals surface area contributed by atoms with E-state index in [0.717, 1.165) is 29.2 Å². The number of carbonyl (C=O) groups excluding carboxylic acids is 1. The van der Waals surface area contributed by atoms with E-state index in [0.29, 0.717) is 24.0 Å². The first-order valence-electron chi connectivity index (χ1n) is 7.64. The largest absolute Gasteiger partial charge is 0.493 e. The van der Waals surface area contributed by atoms with Gasteiger partial charge in [0.25, 0.3) is 5.78 Å². The highest BCUT2D eigenvalue weighted by molar-refractivity contribution is 7.99. The highest BCUT2D eigenvalue weighted by atomic mass is 32.2. The van der Waals surface area contributed by atoms with E-state index in [9.17, 15) is 4.79 Å². The molecule has 0 unspecified atom stereocenters. The van der Waals surface area contributed by atoms with Crippen LogP contribution in [0.3, 0.4) is 0 Å². The van der Waals surface area contributed by atoms with Gasteiger partial charge in [0.05, 0.1) is 6.61 Å². The SMILES string of the molecule is O=C1CCc2cc(OCCSc3nc4ncccn4n3)ccc2N1. The Kier molecular flexibility index (Phi) is 4.04. The van der Waals surface area contributed by atoms with Gasteiger partial charge >= 0.3 is 0 Å². The molecule has 1 aromatic carbocycles. The number of carbonyl (C=O) groups is 1. The average molecular weight is 341 g/mol. The van der Waals surface area contributed by atoms with Gasteiger partial charge < -0.3 is 10.1 Å². The molecule has 7 nitrogen and oxygen atoms in total. The molecule has 0 saturated heterocycles. The fourth-order valence-corrected chi connectivity index (χ4v) is 3.16. The minimum atomic E-state index is 0.0713. The number of hydrogen-bond acceptors (Lipinski definition) is 6. The smallest absolute Gasteiger partial charge is 0.253 e. The molecule has 122 valence electrons. The van der Waals surface area contributed by atoms with Crippen LogP contribution in [0.1, 0.15) is 12.0 Å². The molecule has 0 spiro atoms. The summed E-state index contributed by atoms with van der Waals surface area (Å²) in [6.45, 7) is 0.554. The molecule has 3 aromatic rings. The lowest BCUT2D eigenvalue weighted by Gasteiger charge is -2.17. The first-order chi connectivity index (χ1) is 11.8. The maximum absolute atomic E-state index is 11.4. The van der Waals surface area contributed by atoms with Crippen LogP contribution in [0, 0.1) is 0 Å². The van der Waals surface area contributed by atoms with Gasteiger partial charge in [-0.25, -0.2) is 9.50 Å². The summed E-state index contributed by atoms with van der Waals surface area (Å²) in [6, 6.07) is 7.58. The Bertz CT molecular complexity index is 862. The van der Waals surface area contributed by atoms with Crippen molar-refractivity contribution >= 4 is 29.1 Å². The van der Waals surface area contributed by atoms with Gasteiger partial charge in [-0.15, -0.1) is 5.10 Å². The van der Waals surface area contributed by atoms with Crippen LogP contribution in [0.25, 0.3) is 5.78 Å². The third kappa shape index (κ3) is 3.18. The monoisotopic (exact) mass is 341 g/mol. The van der Waals surface area contributed by atoms with Crippen LogP contribution >= 0.6 is 11.8 Å². The topological polar surface area (TPSA) is 81.4 Å². The van der Waals surface area contributed by atoms with Crippen molar-refractivity contribution in [2.45, 2.75) is 18.0 Å². The number of ether oxygens (including phenoxy) is 1. The van der Waals surface area contributed by atoms with Gasteiger partial charge in [0.15, 0.2) is 0 Å². The van der Waals surface area contributed by atoms with Gasteiger partial charge in [-0.1, -0.05) is 11.8 Å². The lowest BCUT2D eigenvalue weighted by Crippen LogP contribution is -2.18. The normalized spacial score (nSPS) is 13.6. The summed E-state index contributed by atoms with van der Waals surface area (Å²) in [4.78, 5) is 19.8. The zero-order chi connectivity index (χ0) is 16.4. The molecule has 8 heteroatoms. The molecule has 4 rings (SSSR count). The molecule has 0 atom stereocenters. The first-order valence-corrected chi connectivity index (χ1v) is 8.62. The fraction of sp³-hybridized carbons (Fsp3) is 0.250. The summed E-state index contributed by atoms with van der Waals surface area (Å²) in [5.74, 6) is 2.22. The van der Waals surface area contributed by atoms with E-state index in [-0.39, 0.29) is 5.91 Å². The van der Waals surface area contributed by atoms with Crippen LogP contribution in [0.5, 0.6) is 5.75 Å². The highest BCUT2D eigenvalue weighted by Gasteiger charge is 2.15. The lowest BCUT2D eigenvalue weighted by molar-refractivity contribution is -0.116. The summed E-state index contributed by atoms with van der Waals surface area (Å²) in [6.07, 6.45) is 4.80. The molecule has 0 bridgehead atoms. The summed E-state index contributed by atoms with van der Waals surface area (Å²) in [5, 5.41) is 7.88. The summed E-state index contributed by atoms with van der Waals surface area (Å²) in [7, 11) is 0. The maximum Gasteiger partial charge on any atom is 0.253 e. The van der Waals surface area contributed by atoms with Crippen molar-refractivity contribution in [3.05, 3.63) is 42.2 Å². The number of anilines is 1. The van der Waals surface area contributed by atoms with Gasteiger partial charge in [0.2, 0.25) is 11.1 Å². The second-order valence-electron chi connectivity index (χ2n) is 5.32. The van der Waals surface area contributed by atoms with E-state index < -0.39 is 0 Å². The molecule has 0 aliphatic carbocycles. The Hall–Kier alpha value is -2.61. The number of rotatable bonds is 5. The number of aryl methyl sites for hydroxylation is 1. The molecule has 24 heavy (non-hydrogen) atoms. The maximum atomic E-state index is 11.4. The summed E-state index contributed by atoms with van der Waals surface area (Å²) >= 11 is 1.53. The number of benzene rings is 1. The highest BCUT2D eigenvalue weighted by Crippen LogP contribution is 2.27. The van der Waals surface area contributed by atoms with Crippen molar-refractivity contribution in [1.29, 1.82) is 0 Å². The number of hydrogen-bond donors (Lipinski definition) is 1. The molecule has 1 N–H and O–H groups in total. The van der Waals surface area contributed by atoms with Crippen LogP contribution in [0.2, 0.25) is 0 Å². The van der Waals surface area contributed by atoms with Crippen LogP contribution < -0.4 is 10.1 Å². The average Bonchev–Trinajstić information content (AvgIpc) is 3.01. The predicted octanol–water partition coefficient (Wildman–Crippen LogP) is 2.18. The zero-order valence-electron chi connectivity index (χ0n) is 12.8. The van der Waals surface area contributed by atoms with Crippen LogP contribution in [0.15, 0.2) is 41.8 Å². The molecule has 1 amide bonds. The van der Waals surface area contributed by atoms with Gasteiger partial charge in [-0.05, 0) is 36.2 Å². The van der Waals surface area contributed by atoms with E-state index in [1.54, 1.807) is 10.7 Å². The van der Waals surface area contributed by atoms with Gasteiger partial charge in [0.1, 0.15) is 5.75 Å². The van der Waals surface area contributed by atoms with Gasteiger partial charge in [0, 0.05) is 30.3 Å². The van der Waals surface area contributed by atoms with Gasteiger partial charge in [-0.3, -0.25) is 4.79 Å². The number of thioether (sulfide) groups is 1. The Morgan fingerprint density at radius 3 is 3.21 bits per heavy atom. The molecule has 3 heterocycles. The van der Waals surface area contributed by atoms with Gasteiger partial charge in [-0.2, -0.15) is 4.98 Å². The molecule has 1 aliphatic rings. The van der Waals surface area contributed by atoms with Crippen molar-refractivity contribution in [1.82, 2.24) is 19.6 Å². The van der Waals surface area contributed by atoms with E-state index in [1.165, 1.54) is 11.8 Å². The van der Waals surface area contributed by atoms with Crippen molar-refractivity contribution in [2.75, 3.05) is 17.7 Å². The van der Waals surface area contributed by atoms with Crippen LogP contribution in [-0.4, -0.2) is 37.8 Å². The van der Waals surface area contributed by atoms with E-state index >= 15 is 0 Å². The van der Waals surface area contributed by atoms with E-state index in [1.807, 2.05) is 30.5 Å². The number of aromatic nitrogens is 4. The second-order valence-corrected chi connectivity index (χ2v) is 6.38. The third-order valence-corrected chi connectivity index (χ3v) is 4.45. The number of fused-ring (bicyclic) bond motifs is 2. The predicted molar refractivity (Wildman–Crippen MR) is 90.4 cm³/mol. The molecule has 1 aliphatic heterocycles. The molecule has 0 saturated carbocycles. The Morgan fingerprint density at radius 2 is 2.29 bits per heavy atom. The quantitative estimate of drug-likeness (QED) is 0.566. The molecule has 0 fully saturated rings. The Labute approximate surface area is 142 Å². The van der Waals surface area contributed by atoms with E-state index in [4.69, 9.17) is 4.74 Å². The van der Waals surface area contributed by atoms with E-state index in [2.05, 4.69) is 20.4 Å². The van der Waals surface area contributed by atoms with Crippen molar-refractivity contribution in [2.24, 2.45) is 0 Å². The zero-order valence-corrected chi connectivity index (χ0v) is 13.6. The molecule has 0 radical (unpaired) electrons. The molecular weight excluding hydrogens is 326 g/mol.